The van der Waals surface area contributed by atoms with E-state index < -0.39 is 40.5 Å². The van der Waals surface area contributed by atoms with Crippen molar-refractivity contribution in [3.63, 3.8) is 0 Å². The number of methoxy groups -OCH3 is 1. The number of carbonyl (C=O) groups excluding carboxylic acids is 3. The van der Waals surface area contributed by atoms with Crippen LogP contribution >= 0.6 is 0 Å². The first-order valence-electron chi connectivity index (χ1n) is 8.20. The summed E-state index contributed by atoms with van der Waals surface area (Å²) in [6, 6.07) is 4.98. The molecule has 0 radical (unpaired) electrons. The van der Waals surface area contributed by atoms with Gasteiger partial charge < -0.3 is 14.8 Å². The smallest absolute Gasteiger partial charge is 0.340 e. The van der Waals surface area contributed by atoms with Crippen LogP contribution in [0.25, 0.3) is 0 Å². The minimum Gasteiger partial charge on any atom is -0.467 e. The number of benzene rings is 1. The van der Waals surface area contributed by atoms with Crippen molar-refractivity contribution in [2.75, 3.05) is 24.7 Å². The number of hydrogen-bond acceptors (Lipinski definition) is 7. The molecule has 0 saturated carbocycles. The van der Waals surface area contributed by atoms with E-state index in [4.69, 9.17) is 4.74 Å². The van der Waals surface area contributed by atoms with Gasteiger partial charge in [-0.05, 0) is 18.1 Å². The molecule has 0 unspecified atom stereocenters. The molecule has 9 nitrogen and oxygen atoms in total. The molecule has 27 heavy (non-hydrogen) atoms. The Kier molecular flexibility index (Phi) is 8.23. The Morgan fingerprint density at radius 3 is 2.37 bits per heavy atom. The molecule has 0 spiro atoms. The molecule has 1 aromatic rings. The number of rotatable bonds is 9. The zero-order valence-corrected chi connectivity index (χ0v) is 16.5. The zero-order valence-electron chi connectivity index (χ0n) is 15.6. The summed E-state index contributed by atoms with van der Waals surface area (Å²) in [5, 5.41) is 2.48. The van der Waals surface area contributed by atoms with Gasteiger partial charge in [0.2, 0.25) is 10.0 Å². The van der Waals surface area contributed by atoms with Gasteiger partial charge in [0.05, 0.1) is 24.6 Å². The predicted octanol–water partition coefficient (Wildman–Crippen LogP) is 0.919. The Morgan fingerprint density at radius 2 is 1.81 bits per heavy atom. The van der Waals surface area contributed by atoms with Crippen molar-refractivity contribution in [2.24, 2.45) is 5.92 Å². The van der Waals surface area contributed by atoms with Crippen LogP contribution in [0, 0.1) is 5.92 Å². The summed E-state index contributed by atoms with van der Waals surface area (Å²) in [5.74, 6) is -2.31. The van der Waals surface area contributed by atoms with E-state index in [2.05, 4.69) is 14.8 Å². The lowest BCUT2D eigenvalue weighted by molar-refractivity contribution is -0.147. The number of sulfonamides is 1. The van der Waals surface area contributed by atoms with Gasteiger partial charge in [-0.1, -0.05) is 32.4 Å². The lowest BCUT2D eigenvalue weighted by Gasteiger charge is -2.21. The van der Waals surface area contributed by atoms with Crippen LogP contribution in [0.15, 0.2) is 24.3 Å². The van der Waals surface area contributed by atoms with Gasteiger partial charge in [-0.2, -0.15) is 0 Å². The third-order valence-electron chi connectivity index (χ3n) is 3.76. The SMILES string of the molecule is CC[C@H](C)[C@@H](NC(=O)COC(=O)c1ccccc1NS(C)(=O)=O)C(=O)OC. The molecule has 0 aliphatic heterocycles. The Hall–Kier alpha value is -2.62. The maximum atomic E-state index is 12.2. The molecule has 2 N–H and O–H groups in total. The van der Waals surface area contributed by atoms with Gasteiger partial charge in [0.15, 0.2) is 6.61 Å². The van der Waals surface area contributed by atoms with E-state index in [0.29, 0.717) is 6.42 Å². The van der Waals surface area contributed by atoms with Crippen LogP contribution in [0.2, 0.25) is 0 Å². The Bertz CT molecular complexity index is 792. The van der Waals surface area contributed by atoms with E-state index in [1.807, 2.05) is 6.92 Å². The van der Waals surface area contributed by atoms with Crippen molar-refractivity contribution in [3.8, 4) is 0 Å². The second-order valence-electron chi connectivity index (χ2n) is 5.95. The number of para-hydroxylation sites is 1. The number of amides is 1. The van der Waals surface area contributed by atoms with Crippen LogP contribution in [0.1, 0.15) is 30.6 Å². The standard InChI is InChI=1S/C17H24N2O7S/c1-5-11(2)15(17(22)25-3)18-14(20)10-26-16(21)12-8-6-7-9-13(12)19-27(4,23)24/h6-9,11,15,19H,5,10H2,1-4H3,(H,18,20)/t11-,15+/m0/s1. The Balaban J connectivity index is 2.77. The summed E-state index contributed by atoms with van der Waals surface area (Å²) in [7, 11) is -2.38. The number of nitrogens with one attached hydrogen (secondary N) is 2. The van der Waals surface area contributed by atoms with Crippen molar-refractivity contribution in [1.29, 1.82) is 0 Å². The third-order valence-corrected chi connectivity index (χ3v) is 4.35. The van der Waals surface area contributed by atoms with E-state index in [9.17, 15) is 22.8 Å². The highest BCUT2D eigenvalue weighted by Crippen LogP contribution is 2.17. The van der Waals surface area contributed by atoms with Gasteiger partial charge in [0.1, 0.15) is 6.04 Å². The van der Waals surface area contributed by atoms with E-state index in [0.717, 1.165) is 6.26 Å². The molecular formula is C17H24N2O7S. The minimum absolute atomic E-state index is 0.0393. The average molecular weight is 400 g/mol. The highest BCUT2D eigenvalue weighted by Gasteiger charge is 2.27. The molecule has 0 bridgehead atoms. The fraction of sp³-hybridized carbons (Fsp3) is 0.471. The molecule has 10 heteroatoms. The number of anilines is 1. The second-order valence-corrected chi connectivity index (χ2v) is 7.70. The molecule has 1 rings (SSSR count). The molecule has 0 aliphatic rings. The van der Waals surface area contributed by atoms with Crippen LogP contribution in [-0.2, 0) is 29.1 Å². The number of esters is 2. The topological polar surface area (TPSA) is 128 Å². The van der Waals surface area contributed by atoms with Crippen molar-refractivity contribution >= 4 is 33.6 Å². The molecule has 0 aliphatic carbocycles. The molecule has 1 amide bonds. The van der Waals surface area contributed by atoms with Crippen LogP contribution in [0.4, 0.5) is 5.69 Å². The molecule has 2 atom stereocenters. The summed E-state index contributed by atoms with van der Waals surface area (Å²) in [4.78, 5) is 36.0. The molecular weight excluding hydrogens is 376 g/mol. The van der Waals surface area contributed by atoms with E-state index >= 15 is 0 Å². The number of carbonyl (C=O) groups is 3. The van der Waals surface area contributed by atoms with Gasteiger partial charge in [0, 0.05) is 0 Å². The van der Waals surface area contributed by atoms with Crippen molar-refractivity contribution in [3.05, 3.63) is 29.8 Å². The van der Waals surface area contributed by atoms with Gasteiger partial charge in [-0.25, -0.2) is 18.0 Å². The first-order chi connectivity index (χ1) is 12.6. The maximum Gasteiger partial charge on any atom is 0.340 e. The van der Waals surface area contributed by atoms with E-state index in [-0.39, 0.29) is 17.2 Å². The normalized spacial score (nSPS) is 13.2. The van der Waals surface area contributed by atoms with Crippen LogP contribution in [-0.4, -0.2) is 52.3 Å². The van der Waals surface area contributed by atoms with Gasteiger partial charge in [-0.15, -0.1) is 0 Å². The lowest BCUT2D eigenvalue weighted by atomic mass is 9.99. The van der Waals surface area contributed by atoms with Crippen LogP contribution in [0.3, 0.4) is 0 Å². The molecule has 1 aromatic carbocycles. The Labute approximate surface area is 158 Å². The van der Waals surface area contributed by atoms with Gasteiger partial charge >= 0.3 is 11.9 Å². The zero-order chi connectivity index (χ0) is 20.6. The van der Waals surface area contributed by atoms with Crippen molar-refractivity contribution < 1.29 is 32.3 Å². The number of ether oxygens (including phenoxy) is 2. The van der Waals surface area contributed by atoms with Crippen molar-refractivity contribution in [2.45, 2.75) is 26.3 Å². The number of hydrogen-bond donors (Lipinski definition) is 2. The quantitative estimate of drug-likeness (QED) is 0.590. The summed E-state index contributed by atoms with van der Waals surface area (Å²) < 4.78 is 34.6. The fourth-order valence-corrected chi connectivity index (χ4v) is 2.75. The van der Waals surface area contributed by atoms with Gasteiger partial charge in [-0.3, -0.25) is 9.52 Å². The van der Waals surface area contributed by atoms with Crippen LogP contribution in [0.5, 0.6) is 0 Å². The van der Waals surface area contributed by atoms with Crippen molar-refractivity contribution in [1.82, 2.24) is 5.32 Å². The Morgan fingerprint density at radius 1 is 1.19 bits per heavy atom. The average Bonchev–Trinajstić information content (AvgIpc) is 2.62. The summed E-state index contributed by atoms with van der Waals surface area (Å²) in [6.45, 7) is 3.01. The highest BCUT2D eigenvalue weighted by atomic mass is 32.2. The monoisotopic (exact) mass is 400 g/mol. The van der Waals surface area contributed by atoms with Gasteiger partial charge in [0.25, 0.3) is 5.91 Å². The third kappa shape index (κ3) is 7.26. The van der Waals surface area contributed by atoms with E-state index in [1.165, 1.54) is 25.3 Å². The second kappa shape index (κ2) is 9.91. The summed E-state index contributed by atoms with van der Waals surface area (Å²) in [6.07, 6.45) is 1.58. The molecule has 0 aromatic heterocycles. The predicted molar refractivity (Wildman–Crippen MR) is 98.6 cm³/mol. The molecule has 0 saturated heterocycles. The summed E-state index contributed by atoms with van der Waals surface area (Å²) >= 11 is 0. The fourth-order valence-electron chi connectivity index (χ4n) is 2.17. The van der Waals surface area contributed by atoms with Crippen LogP contribution < -0.4 is 10.0 Å². The minimum atomic E-state index is -3.59. The van der Waals surface area contributed by atoms with E-state index in [1.54, 1.807) is 13.0 Å². The summed E-state index contributed by atoms with van der Waals surface area (Å²) in [5.41, 5.74) is -0.000352. The highest BCUT2D eigenvalue weighted by molar-refractivity contribution is 7.92. The first kappa shape index (κ1) is 22.4. The molecule has 0 fully saturated rings. The largest absolute Gasteiger partial charge is 0.467 e. The lowest BCUT2D eigenvalue weighted by Crippen LogP contribution is -2.47. The maximum absolute atomic E-state index is 12.2. The first-order valence-corrected chi connectivity index (χ1v) is 10.1. The molecule has 0 heterocycles. The molecule has 150 valence electrons.